The Kier molecular flexibility index (Phi) is 3.14. The molecule has 4 heteroatoms. The van der Waals surface area contributed by atoms with Gasteiger partial charge < -0.3 is 9.47 Å². The van der Waals surface area contributed by atoms with Gasteiger partial charge in [-0.05, 0) is 18.2 Å². The number of methoxy groups -OCH3 is 2. The molecule has 0 bridgehead atoms. The zero-order valence-electron chi connectivity index (χ0n) is 7.33. The Labute approximate surface area is 81.2 Å². The van der Waals surface area contributed by atoms with E-state index in [0.717, 1.165) is 0 Å². The van der Waals surface area contributed by atoms with Crippen LogP contribution in [0.1, 0.15) is 10.4 Å². The fourth-order valence-electron chi connectivity index (χ4n) is 0.905. The Balaban J connectivity index is 3.06. The van der Waals surface area contributed by atoms with Gasteiger partial charge in [0.15, 0.2) is 0 Å². The molecule has 0 spiro atoms. The van der Waals surface area contributed by atoms with Crippen molar-refractivity contribution in [2.75, 3.05) is 14.2 Å². The van der Waals surface area contributed by atoms with E-state index in [-0.39, 0.29) is 0 Å². The second-order valence-corrected chi connectivity index (χ2v) is 2.75. The minimum absolute atomic E-state index is 0.407. The molecule has 0 aromatic heterocycles. The summed E-state index contributed by atoms with van der Waals surface area (Å²) >= 11 is 5.77. The summed E-state index contributed by atoms with van der Waals surface area (Å²) in [6.45, 7) is 0. The minimum atomic E-state index is -0.407. The van der Waals surface area contributed by atoms with Gasteiger partial charge in [0.05, 0.1) is 24.8 Å². The van der Waals surface area contributed by atoms with Crippen LogP contribution >= 0.6 is 11.6 Å². The number of hydrogen-bond acceptors (Lipinski definition) is 3. The number of rotatable bonds is 2. The van der Waals surface area contributed by atoms with Crippen molar-refractivity contribution in [3.63, 3.8) is 0 Å². The molecule has 70 valence electrons. The lowest BCUT2D eigenvalue weighted by Crippen LogP contribution is -2.01. The first-order valence-corrected chi connectivity index (χ1v) is 3.98. The molecule has 1 aromatic rings. The molecule has 0 saturated heterocycles. The molecule has 0 heterocycles. The highest BCUT2D eigenvalue weighted by Gasteiger charge is 2.08. The summed E-state index contributed by atoms with van der Waals surface area (Å²) in [5.41, 5.74) is 0.420. The third-order valence-electron chi connectivity index (χ3n) is 1.57. The van der Waals surface area contributed by atoms with E-state index < -0.39 is 5.97 Å². The van der Waals surface area contributed by atoms with Crippen LogP contribution in [0.15, 0.2) is 18.2 Å². The predicted molar refractivity (Wildman–Crippen MR) is 49.3 cm³/mol. The van der Waals surface area contributed by atoms with E-state index in [0.29, 0.717) is 16.3 Å². The molecule has 0 atom stereocenters. The van der Waals surface area contributed by atoms with Crippen LogP contribution in [-0.2, 0) is 4.74 Å². The Bertz CT molecular complexity index is 323. The quantitative estimate of drug-likeness (QED) is 0.687. The van der Waals surface area contributed by atoms with Crippen molar-refractivity contribution in [3.05, 3.63) is 28.8 Å². The van der Waals surface area contributed by atoms with Gasteiger partial charge in [-0.2, -0.15) is 0 Å². The second kappa shape index (κ2) is 4.14. The average Bonchev–Trinajstić information content (AvgIpc) is 2.17. The lowest BCUT2D eigenvalue weighted by Gasteiger charge is -2.04. The zero-order chi connectivity index (χ0) is 9.84. The van der Waals surface area contributed by atoms with Crippen molar-refractivity contribution in [2.45, 2.75) is 0 Å². The highest BCUT2D eigenvalue weighted by molar-refractivity contribution is 6.32. The first-order valence-electron chi connectivity index (χ1n) is 3.61. The molecule has 13 heavy (non-hydrogen) atoms. The van der Waals surface area contributed by atoms with Gasteiger partial charge in [0.25, 0.3) is 0 Å². The van der Waals surface area contributed by atoms with E-state index >= 15 is 0 Å². The fourth-order valence-corrected chi connectivity index (χ4v) is 1.10. The van der Waals surface area contributed by atoms with Crippen LogP contribution in [0.5, 0.6) is 5.75 Å². The molecule has 0 aliphatic rings. The van der Waals surface area contributed by atoms with Crippen molar-refractivity contribution in [2.24, 2.45) is 0 Å². The molecule has 0 N–H and O–H groups in total. The van der Waals surface area contributed by atoms with Crippen LogP contribution in [0.25, 0.3) is 0 Å². The Hall–Kier alpha value is -1.22. The molecule has 0 aliphatic carbocycles. The lowest BCUT2D eigenvalue weighted by atomic mass is 10.2. The van der Waals surface area contributed by atoms with Gasteiger partial charge in [-0.1, -0.05) is 11.6 Å². The topological polar surface area (TPSA) is 35.5 Å². The van der Waals surface area contributed by atoms with Crippen molar-refractivity contribution in [3.8, 4) is 5.75 Å². The van der Waals surface area contributed by atoms with Crippen LogP contribution in [0.2, 0.25) is 5.02 Å². The normalized spacial score (nSPS) is 9.46. The van der Waals surface area contributed by atoms with Crippen LogP contribution in [0, 0.1) is 0 Å². The average molecular weight is 201 g/mol. The van der Waals surface area contributed by atoms with E-state index in [1.807, 2.05) is 0 Å². The van der Waals surface area contributed by atoms with Gasteiger partial charge in [-0.25, -0.2) is 4.79 Å². The molecule has 0 fully saturated rings. The molecular weight excluding hydrogens is 192 g/mol. The Morgan fingerprint density at radius 3 is 2.62 bits per heavy atom. The van der Waals surface area contributed by atoms with Gasteiger partial charge in [0.1, 0.15) is 5.75 Å². The smallest absolute Gasteiger partial charge is 0.337 e. The van der Waals surface area contributed by atoms with Gasteiger partial charge >= 0.3 is 5.97 Å². The number of ether oxygens (including phenoxy) is 2. The third-order valence-corrected chi connectivity index (χ3v) is 1.88. The molecule has 0 aliphatic heterocycles. The van der Waals surface area contributed by atoms with Crippen molar-refractivity contribution in [1.29, 1.82) is 0 Å². The van der Waals surface area contributed by atoms with E-state index in [9.17, 15) is 4.79 Å². The van der Waals surface area contributed by atoms with Crippen LogP contribution in [-0.4, -0.2) is 20.2 Å². The van der Waals surface area contributed by atoms with E-state index in [4.69, 9.17) is 16.3 Å². The maximum Gasteiger partial charge on any atom is 0.337 e. The summed E-state index contributed by atoms with van der Waals surface area (Å²) in [5.74, 6) is 0.0551. The van der Waals surface area contributed by atoms with Gasteiger partial charge in [-0.15, -0.1) is 0 Å². The summed E-state index contributed by atoms with van der Waals surface area (Å²) < 4.78 is 9.48. The Morgan fingerprint density at radius 1 is 1.38 bits per heavy atom. The summed E-state index contributed by atoms with van der Waals surface area (Å²) in [5, 5.41) is 0.468. The number of esters is 1. The number of halogens is 1. The molecule has 0 saturated carbocycles. The number of carbonyl (C=O) groups excluding carboxylic acids is 1. The van der Waals surface area contributed by atoms with Gasteiger partial charge in [-0.3, -0.25) is 0 Å². The first-order chi connectivity index (χ1) is 6.19. The fraction of sp³-hybridized carbons (Fsp3) is 0.222. The standard InChI is InChI=1S/C9H9ClO3/c1-12-8-5-6(9(11)13-2)3-4-7(8)10/h3-5H,1-2H3. The Morgan fingerprint density at radius 2 is 2.08 bits per heavy atom. The monoisotopic (exact) mass is 200 g/mol. The molecule has 0 radical (unpaired) electrons. The first kappa shape index (κ1) is 9.86. The molecule has 1 rings (SSSR count). The maximum absolute atomic E-state index is 11.1. The molecular formula is C9H9ClO3. The van der Waals surface area contributed by atoms with Crippen molar-refractivity contribution in [1.82, 2.24) is 0 Å². The number of hydrogen-bond donors (Lipinski definition) is 0. The van der Waals surface area contributed by atoms with E-state index in [2.05, 4.69) is 4.74 Å². The second-order valence-electron chi connectivity index (χ2n) is 2.34. The van der Waals surface area contributed by atoms with Crippen LogP contribution < -0.4 is 4.74 Å². The molecule has 1 aromatic carbocycles. The summed E-state index contributed by atoms with van der Waals surface area (Å²) in [6.07, 6.45) is 0. The molecule has 0 unspecified atom stereocenters. The number of benzene rings is 1. The molecule has 3 nitrogen and oxygen atoms in total. The molecule has 0 amide bonds. The van der Waals surface area contributed by atoms with Crippen LogP contribution in [0.4, 0.5) is 0 Å². The summed E-state index contributed by atoms with van der Waals surface area (Å²) in [7, 11) is 2.81. The van der Waals surface area contributed by atoms with Crippen molar-refractivity contribution < 1.29 is 14.3 Å². The zero-order valence-corrected chi connectivity index (χ0v) is 8.09. The maximum atomic E-state index is 11.1. The van der Waals surface area contributed by atoms with Crippen LogP contribution in [0.3, 0.4) is 0 Å². The minimum Gasteiger partial charge on any atom is -0.495 e. The van der Waals surface area contributed by atoms with Crippen molar-refractivity contribution >= 4 is 17.6 Å². The largest absolute Gasteiger partial charge is 0.495 e. The van der Waals surface area contributed by atoms with Gasteiger partial charge in [0, 0.05) is 0 Å². The lowest BCUT2D eigenvalue weighted by molar-refractivity contribution is 0.0600. The third kappa shape index (κ3) is 2.12. The SMILES string of the molecule is COC(=O)c1ccc(Cl)c(OC)c1. The number of carbonyl (C=O) groups is 1. The van der Waals surface area contributed by atoms with E-state index in [1.165, 1.54) is 20.3 Å². The highest BCUT2D eigenvalue weighted by atomic mass is 35.5. The predicted octanol–water partition coefficient (Wildman–Crippen LogP) is 2.14. The summed E-state index contributed by atoms with van der Waals surface area (Å²) in [4.78, 5) is 11.1. The van der Waals surface area contributed by atoms with E-state index in [1.54, 1.807) is 12.1 Å². The summed E-state index contributed by atoms with van der Waals surface area (Å²) in [6, 6.07) is 4.71. The highest BCUT2D eigenvalue weighted by Crippen LogP contribution is 2.25. The van der Waals surface area contributed by atoms with Gasteiger partial charge in [0.2, 0.25) is 0 Å².